The summed E-state index contributed by atoms with van der Waals surface area (Å²) in [6.07, 6.45) is 1.55. The second kappa shape index (κ2) is 5.05. The lowest BCUT2D eigenvalue weighted by atomic mass is 10.2. The summed E-state index contributed by atoms with van der Waals surface area (Å²) in [5, 5.41) is 3.44. The van der Waals surface area contributed by atoms with Crippen LogP contribution in [0.2, 0.25) is 0 Å². The molecule has 0 saturated carbocycles. The zero-order valence-corrected chi connectivity index (χ0v) is 12.0. The molecule has 1 aromatic carbocycles. The van der Waals surface area contributed by atoms with Crippen LogP contribution in [0, 0.1) is 6.92 Å². The van der Waals surface area contributed by atoms with E-state index >= 15 is 0 Å². The normalized spacial score (nSPS) is 10.9. The zero-order valence-electron chi connectivity index (χ0n) is 11.2. The highest BCUT2D eigenvalue weighted by Gasteiger charge is 2.10. The molecule has 2 heterocycles. The summed E-state index contributed by atoms with van der Waals surface area (Å²) < 4.78 is 6.81. The maximum atomic E-state index is 12.5. The maximum Gasteiger partial charge on any atom is 0.265 e. The van der Waals surface area contributed by atoms with E-state index in [0.29, 0.717) is 23.2 Å². The average molecular weight is 287 g/mol. The highest BCUT2D eigenvalue weighted by Crippen LogP contribution is 2.20. The number of aryl methyl sites for hydroxylation is 1. The maximum absolute atomic E-state index is 12.5. The van der Waals surface area contributed by atoms with Crippen molar-refractivity contribution in [1.82, 2.24) is 14.5 Å². The third kappa shape index (κ3) is 2.18. The molecule has 0 saturated heterocycles. The molecule has 3 rings (SSSR count). The molecular formula is C14H13N3O2S. The minimum Gasteiger partial charge on any atom is -0.496 e. The van der Waals surface area contributed by atoms with Crippen LogP contribution in [-0.2, 0) is 6.54 Å². The second-order valence-corrected chi connectivity index (χ2v) is 5.45. The van der Waals surface area contributed by atoms with E-state index in [4.69, 9.17) is 4.74 Å². The van der Waals surface area contributed by atoms with Gasteiger partial charge in [-0.3, -0.25) is 9.36 Å². The molecule has 0 bridgehead atoms. The molecule has 0 spiro atoms. The Hall–Kier alpha value is -2.21. The van der Waals surface area contributed by atoms with Crippen LogP contribution in [0.15, 0.2) is 34.7 Å². The Morgan fingerprint density at radius 1 is 1.40 bits per heavy atom. The summed E-state index contributed by atoms with van der Waals surface area (Å²) in [7, 11) is 1.55. The molecule has 3 aromatic rings. The van der Waals surface area contributed by atoms with Gasteiger partial charge in [0.05, 0.1) is 36.2 Å². The topological polar surface area (TPSA) is 57.0 Å². The molecule has 0 fully saturated rings. The molecule has 0 unspecified atom stereocenters. The Morgan fingerprint density at radius 3 is 2.95 bits per heavy atom. The van der Waals surface area contributed by atoms with Crippen LogP contribution in [0.5, 0.6) is 5.75 Å². The van der Waals surface area contributed by atoms with Crippen LogP contribution in [0.3, 0.4) is 0 Å². The van der Waals surface area contributed by atoms with Crippen LogP contribution in [0.25, 0.3) is 10.9 Å². The van der Waals surface area contributed by atoms with E-state index in [2.05, 4.69) is 9.97 Å². The van der Waals surface area contributed by atoms with Crippen molar-refractivity contribution in [2.45, 2.75) is 13.5 Å². The van der Waals surface area contributed by atoms with E-state index in [0.717, 1.165) is 10.7 Å². The van der Waals surface area contributed by atoms with Gasteiger partial charge in [-0.25, -0.2) is 9.97 Å². The van der Waals surface area contributed by atoms with Crippen LogP contribution in [0.1, 0.15) is 10.7 Å². The van der Waals surface area contributed by atoms with E-state index in [1.165, 1.54) is 0 Å². The summed E-state index contributed by atoms with van der Waals surface area (Å²) in [4.78, 5) is 21.2. The fourth-order valence-corrected chi connectivity index (χ4v) is 2.71. The summed E-state index contributed by atoms with van der Waals surface area (Å²) in [6.45, 7) is 2.36. The number of hydrogen-bond acceptors (Lipinski definition) is 5. The largest absolute Gasteiger partial charge is 0.496 e. The SMILES string of the molecule is COc1cccc2ncn(Cc3csc(C)n3)c(=O)c12. The quantitative estimate of drug-likeness (QED) is 0.741. The molecule has 6 heteroatoms. The van der Waals surface area contributed by atoms with E-state index in [1.807, 2.05) is 18.4 Å². The van der Waals surface area contributed by atoms with Crippen molar-refractivity contribution >= 4 is 22.2 Å². The first kappa shape index (κ1) is 12.8. The number of nitrogens with zero attached hydrogens (tertiary/aromatic N) is 3. The number of methoxy groups -OCH3 is 1. The fourth-order valence-electron chi connectivity index (χ4n) is 2.11. The lowest BCUT2D eigenvalue weighted by Crippen LogP contribution is -2.21. The van der Waals surface area contributed by atoms with Crippen molar-refractivity contribution in [3.63, 3.8) is 0 Å². The Balaban J connectivity index is 2.13. The van der Waals surface area contributed by atoms with Gasteiger partial charge in [0.1, 0.15) is 11.1 Å². The molecular weight excluding hydrogens is 274 g/mol. The van der Waals surface area contributed by atoms with Crippen molar-refractivity contribution in [3.8, 4) is 5.75 Å². The Bertz CT molecular complexity index is 823. The first-order valence-electron chi connectivity index (χ1n) is 6.12. The van der Waals surface area contributed by atoms with Crippen LogP contribution in [-0.4, -0.2) is 21.6 Å². The van der Waals surface area contributed by atoms with Gasteiger partial charge in [-0.1, -0.05) is 6.07 Å². The molecule has 20 heavy (non-hydrogen) atoms. The number of aromatic nitrogens is 3. The van der Waals surface area contributed by atoms with Crippen LogP contribution < -0.4 is 10.3 Å². The predicted octanol–water partition coefficient (Wildman–Crippen LogP) is 2.22. The third-order valence-electron chi connectivity index (χ3n) is 3.03. The molecule has 5 nitrogen and oxygen atoms in total. The molecule has 0 aliphatic heterocycles. The van der Waals surface area contributed by atoms with Crippen molar-refractivity contribution in [2.24, 2.45) is 0 Å². The molecule has 0 aliphatic rings. The van der Waals surface area contributed by atoms with Crippen molar-refractivity contribution in [3.05, 3.63) is 51.0 Å². The van der Waals surface area contributed by atoms with Crippen molar-refractivity contribution < 1.29 is 4.74 Å². The fraction of sp³-hybridized carbons (Fsp3) is 0.214. The summed E-state index contributed by atoms with van der Waals surface area (Å²) >= 11 is 1.57. The molecule has 0 radical (unpaired) electrons. The van der Waals surface area contributed by atoms with Gasteiger partial charge in [-0.05, 0) is 19.1 Å². The van der Waals surface area contributed by atoms with E-state index in [1.54, 1.807) is 41.5 Å². The molecule has 0 N–H and O–H groups in total. The molecule has 0 aliphatic carbocycles. The summed E-state index contributed by atoms with van der Waals surface area (Å²) in [5.41, 5.74) is 1.39. The highest BCUT2D eigenvalue weighted by molar-refractivity contribution is 7.09. The van der Waals surface area contributed by atoms with Crippen LogP contribution >= 0.6 is 11.3 Å². The monoisotopic (exact) mass is 287 g/mol. The highest BCUT2D eigenvalue weighted by atomic mass is 32.1. The smallest absolute Gasteiger partial charge is 0.265 e. The minimum atomic E-state index is -0.113. The van der Waals surface area contributed by atoms with Crippen molar-refractivity contribution in [2.75, 3.05) is 7.11 Å². The molecule has 0 atom stereocenters. The van der Waals surface area contributed by atoms with Gasteiger partial charge in [-0.15, -0.1) is 11.3 Å². The molecule has 102 valence electrons. The van der Waals surface area contributed by atoms with Crippen molar-refractivity contribution in [1.29, 1.82) is 0 Å². The summed E-state index contributed by atoms with van der Waals surface area (Å²) in [5.74, 6) is 0.545. The van der Waals surface area contributed by atoms with Gasteiger partial charge in [0.15, 0.2) is 0 Å². The first-order valence-corrected chi connectivity index (χ1v) is 7.00. The molecule has 2 aromatic heterocycles. The average Bonchev–Trinajstić information content (AvgIpc) is 2.86. The summed E-state index contributed by atoms with van der Waals surface area (Å²) in [6, 6.07) is 5.39. The Kier molecular flexibility index (Phi) is 3.23. The predicted molar refractivity (Wildman–Crippen MR) is 78.5 cm³/mol. The van der Waals surface area contributed by atoms with Gasteiger partial charge in [0.2, 0.25) is 0 Å². The van der Waals surface area contributed by atoms with Gasteiger partial charge in [0.25, 0.3) is 5.56 Å². The number of hydrogen-bond donors (Lipinski definition) is 0. The van der Waals surface area contributed by atoms with E-state index in [9.17, 15) is 4.79 Å². The van der Waals surface area contributed by atoms with Crippen LogP contribution in [0.4, 0.5) is 0 Å². The number of fused-ring (bicyclic) bond motifs is 1. The number of rotatable bonds is 3. The first-order chi connectivity index (χ1) is 9.69. The number of thiazole rings is 1. The molecule has 0 amide bonds. The van der Waals surface area contributed by atoms with Gasteiger partial charge in [-0.2, -0.15) is 0 Å². The van der Waals surface area contributed by atoms with E-state index < -0.39 is 0 Å². The lowest BCUT2D eigenvalue weighted by Gasteiger charge is -2.07. The second-order valence-electron chi connectivity index (χ2n) is 4.39. The zero-order chi connectivity index (χ0) is 14.1. The lowest BCUT2D eigenvalue weighted by molar-refractivity contribution is 0.419. The van der Waals surface area contributed by atoms with Gasteiger partial charge in [0, 0.05) is 5.38 Å². The number of benzene rings is 1. The standard InChI is InChI=1S/C14H13N3O2S/c1-9-16-10(7-20-9)6-17-8-15-11-4-3-5-12(19-2)13(11)14(17)18/h3-5,7-8H,6H2,1-2H3. The van der Waals surface area contributed by atoms with Gasteiger partial charge >= 0.3 is 0 Å². The minimum absolute atomic E-state index is 0.113. The van der Waals surface area contributed by atoms with E-state index in [-0.39, 0.29) is 5.56 Å². The Morgan fingerprint density at radius 2 is 2.25 bits per heavy atom. The number of ether oxygens (including phenoxy) is 1. The Labute approximate surface area is 119 Å². The van der Waals surface area contributed by atoms with Gasteiger partial charge < -0.3 is 4.74 Å². The third-order valence-corrected chi connectivity index (χ3v) is 3.86.